The van der Waals surface area contributed by atoms with Crippen molar-refractivity contribution in [2.75, 3.05) is 29.6 Å². The van der Waals surface area contributed by atoms with Gasteiger partial charge in [0, 0.05) is 17.7 Å². The highest BCUT2D eigenvalue weighted by molar-refractivity contribution is 8.01. The van der Waals surface area contributed by atoms with Gasteiger partial charge < -0.3 is 15.3 Å². The monoisotopic (exact) mass is 487 g/mol. The van der Waals surface area contributed by atoms with E-state index in [1.165, 1.54) is 18.0 Å². The zero-order valence-electron chi connectivity index (χ0n) is 16.9. The zero-order chi connectivity index (χ0) is 22.6. The van der Waals surface area contributed by atoms with Gasteiger partial charge in [0.05, 0.1) is 30.9 Å². The van der Waals surface area contributed by atoms with Gasteiger partial charge in [0.1, 0.15) is 4.88 Å². The molecule has 0 amide bonds. The van der Waals surface area contributed by atoms with Gasteiger partial charge in [0.25, 0.3) is 0 Å². The Balaban J connectivity index is 1.62. The minimum Gasteiger partial charge on any atom is -0.477 e. The first-order valence-corrected chi connectivity index (χ1v) is 13.3. The highest BCUT2D eigenvalue weighted by atomic mass is 32.2. The second-order valence-corrected chi connectivity index (χ2v) is 11.7. The van der Waals surface area contributed by atoms with E-state index in [9.17, 15) is 23.4 Å². The predicted molar refractivity (Wildman–Crippen MR) is 120 cm³/mol. The second-order valence-electron chi connectivity index (χ2n) is 7.45. The smallest absolute Gasteiger partial charge is 0.347 e. The number of sulfonamides is 1. The van der Waals surface area contributed by atoms with E-state index in [4.69, 9.17) is 5.11 Å². The van der Waals surface area contributed by atoms with Crippen molar-refractivity contribution in [1.82, 2.24) is 10.4 Å². The van der Waals surface area contributed by atoms with E-state index in [2.05, 4.69) is 10.4 Å². The summed E-state index contributed by atoms with van der Waals surface area (Å²) in [5, 5.41) is 29.2. The molecule has 0 bridgehead atoms. The van der Waals surface area contributed by atoms with Crippen LogP contribution in [-0.4, -0.2) is 59.9 Å². The molecule has 9 nitrogen and oxygen atoms in total. The van der Waals surface area contributed by atoms with Gasteiger partial charge in [-0.3, -0.25) is 0 Å². The summed E-state index contributed by atoms with van der Waals surface area (Å²) in [6.45, 7) is 0.218. The molecule has 4 N–H and O–H groups in total. The molecule has 2 aromatic rings. The molecule has 1 atom stereocenters. The quantitative estimate of drug-likeness (QED) is 0.213. The predicted octanol–water partition coefficient (Wildman–Crippen LogP) is 2.10. The van der Waals surface area contributed by atoms with Crippen LogP contribution in [0.5, 0.6) is 0 Å². The van der Waals surface area contributed by atoms with E-state index in [0.29, 0.717) is 27.9 Å². The lowest BCUT2D eigenvalue weighted by Crippen LogP contribution is -2.43. The number of anilines is 1. The average Bonchev–Trinajstić information content (AvgIpc) is 3.16. The van der Waals surface area contributed by atoms with E-state index in [1.54, 1.807) is 24.3 Å². The first kappa shape index (κ1) is 24.0. The van der Waals surface area contributed by atoms with Crippen molar-refractivity contribution in [2.45, 2.75) is 29.7 Å². The Bertz CT molecular complexity index is 1000. The molecule has 0 spiro atoms. The molecule has 0 aliphatic heterocycles. The van der Waals surface area contributed by atoms with Gasteiger partial charge in [-0.1, -0.05) is 30.3 Å². The van der Waals surface area contributed by atoms with Crippen molar-refractivity contribution in [3.05, 3.63) is 40.9 Å². The summed E-state index contributed by atoms with van der Waals surface area (Å²) in [5.74, 6) is -0.546. The molecule has 31 heavy (non-hydrogen) atoms. The van der Waals surface area contributed by atoms with E-state index in [-0.39, 0.29) is 11.5 Å². The summed E-state index contributed by atoms with van der Waals surface area (Å²) < 4.78 is 26.2. The first-order valence-electron chi connectivity index (χ1n) is 9.61. The van der Waals surface area contributed by atoms with E-state index >= 15 is 0 Å². The summed E-state index contributed by atoms with van der Waals surface area (Å²) in [5.41, 5.74) is 3.40. The summed E-state index contributed by atoms with van der Waals surface area (Å²) in [7, 11) is -3.61. The number of nitrogens with zero attached hydrogens (tertiary/aromatic N) is 2. The van der Waals surface area contributed by atoms with Crippen molar-refractivity contribution >= 4 is 44.8 Å². The van der Waals surface area contributed by atoms with Crippen LogP contribution in [0.15, 0.2) is 34.8 Å². The van der Waals surface area contributed by atoms with E-state index < -0.39 is 27.5 Å². The van der Waals surface area contributed by atoms with Crippen LogP contribution in [0.1, 0.15) is 40.6 Å². The lowest BCUT2D eigenvalue weighted by atomic mass is 9.64. The molecule has 1 heterocycles. The highest BCUT2D eigenvalue weighted by Crippen LogP contribution is 2.49. The standard InChI is InChI=1S/C19H25N3O6S3/c1-31(27,28)22(21-9-10-29-18-20-11-15(30-18)17(25)26)14-5-3-13(4-6-14)16(24)19(12-23)7-2-8-19/h3-6,11,16,21,23-24H,2,7-10,12H2,1H3,(H,25,26). The van der Waals surface area contributed by atoms with E-state index in [1.807, 2.05) is 0 Å². The summed E-state index contributed by atoms with van der Waals surface area (Å²) in [6, 6.07) is 6.58. The number of hydrogen-bond donors (Lipinski definition) is 4. The number of aliphatic hydroxyl groups is 2. The maximum absolute atomic E-state index is 12.3. The number of hydrazine groups is 1. The van der Waals surface area contributed by atoms with Crippen LogP contribution in [0.2, 0.25) is 0 Å². The molecule has 1 aromatic heterocycles. The number of hydrogen-bond acceptors (Lipinski definition) is 9. The number of carboxylic acid groups (broad SMARTS) is 1. The van der Waals surface area contributed by atoms with Gasteiger partial charge in [-0.15, -0.1) is 11.3 Å². The maximum Gasteiger partial charge on any atom is 0.347 e. The number of thioether (sulfide) groups is 1. The van der Waals surface area contributed by atoms with Crippen molar-refractivity contribution in [3.63, 3.8) is 0 Å². The molecule has 1 saturated carbocycles. The third kappa shape index (κ3) is 5.57. The number of nitrogens with one attached hydrogen (secondary N) is 1. The number of aromatic carboxylic acids is 1. The van der Waals surface area contributed by atoms with Crippen molar-refractivity contribution in [1.29, 1.82) is 0 Å². The molecular weight excluding hydrogens is 462 g/mol. The van der Waals surface area contributed by atoms with Crippen molar-refractivity contribution < 1.29 is 28.5 Å². The van der Waals surface area contributed by atoms with Gasteiger partial charge in [-0.05, 0) is 30.5 Å². The molecule has 0 saturated heterocycles. The molecule has 1 aliphatic carbocycles. The Morgan fingerprint density at radius 2 is 2.03 bits per heavy atom. The fourth-order valence-corrected chi connectivity index (χ4v) is 5.97. The number of carbonyl (C=O) groups is 1. The molecule has 170 valence electrons. The third-order valence-corrected chi connectivity index (χ3v) is 8.44. The first-order chi connectivity index (χ1) is 14.7. The van der Waals surface area contributed by atoms with Gasteiger partial charge >= 0.3 is 5.97 Å². The molecule has 1 fully saturated rings. The van der Waals surface area contributed by atoms with Crippen LogP contribution >= 0.6 is 23.1 Å². The molecule has 0 radical (unpaired) electrons. The topological polar surface area (TPSA) is 140 Å². The molecule has 1 aromatic carbocycles. The molecule has 12 heteroatoms. The van der Waals surface area contributed by atoms with Gasteiger partial charge in [0.15, 0.2) is 4.34 Å². The Hall–Kier alpha value is -1.70. The number of benzene rings is 1. The average molecular weight is 488 g/mol. The highest BCUT2D eigenvalue weighted by Gasteiger charge is 2.43. The minimum absolute atomic E-state index is 0.0857. The number of aliphatic hydroxyl groups excluding tert-OH is 2. The number of aromatic nitrogens is 1. The van der Waals surface area contributed by atoms with Crippen LogP contribution < -0.4 is 9.84 Å². The molecule has 1 unspecified atom stereocenters. The van der Waals surface area contributed by atoms with Crippen LogP contribution in [0.4, 0.5) is 5.69 Å². The number of rotatable bonds is 11. The van der Waals surface area contributed by atoms with Crippen LogP contribution in [-0.2, 0) is 10.0 Å². The number of carboxylic acids is 1. The summed E-state index contributed by atoms with van der Waals surface area (Å²) in [4.78, 5) is 15.1. The lowest BCUT2D eigenvalue weighted by molar-refractivity contribution is -0.0734. The minimum atomic E-state index is -3.61. The molecule has 3 rings (SSSR count). The van der Waals surface area contributed by atoms with Crippen LogP contribution in [0, 0.1) is 5.41 Å². The maximum atomic E-state index is 12.3. The van der Waals surface area contributed by atoms with Gasteiger partial charge in [-0.25, -0.2) is 28.0 Å². The fraction of sp³-hybridized carbons (Fsp3) is 0.474. The van der Waals surface area contributed by atoms with E-state index in [0.717, 1.165) is 41.3 Å². The lowest BCUT2D eigenvalue weighted by Gasteiger charge is -2.44. The SMILES string of the molecule is CS(=O)(=O)N(NCCSc1ncc(C(=O)O)s1)c1ccc(C(O)C2(CO)CCC2)cc1. The summed E-state index contributed by atoms with van der Waals surface area (Å²) in [6.07, 6.45) is 4.07. The van der Waals surface area contributed by atoms with Gasteiger partial charge in [0.2, 0.25) is 10.0 Å². The number of thiazole rings is 1. The van der Waals surface area contributed by atoms with Crippen molar-refractivity contribution in [3.8, 4) is 0 Å². The Kier molecular flexibility index (Phi) is 7.60. The normalized spacial score (nSPS) is 16.5. The zero-order valence-corrected chi connectivity index (χ0v) is 19.3. The third-order valence-electron chi connectivity index (χ3n) is 5.30. The summed E-state index contributed by atoms with van der Waals surface area (Å²) >= 11 is 2.40. The Morgan fingerprint density at radius 3 is 2.52 bits per heavy atom. The molecule has 1 aliphatic rings. The second kappa shape index (κ2) is 9.84. The molecular formula is C19H25N3O6S3. The van der Waals surface area contributed by atoms with Crippen LogP contribution in [0.25, 0.3) is 0 Å². The largest absolute Gasteiger partial charge is 0.477 e. The van der Waals surface area contributed by atoms with Gasteiger partial charge in [-0.2, -0.15) is 0 Å². The van der Waals surface area contributed by atoms with Crippen molar-refractivity contribution in [2.24, 2.45) is 5.41 Å². The Labute approximate surface area is 189 Å². The fourth-order valence-electron chi connectivity index (χ4n) is 3.40. The van der Waals surface area contributed by atoms with Crippen LogP contribution in [0.3, 0.4) is 0 Å². The Morgan fingerprint density at radius 1 is 1.35 bits per heavy atom.